The number of rotatable bonds is 9. The van der Waals surface area contributed by atoms with Crippen molar-refractivity contribution in [1.82, 2.24) is 9.21 Å². The lowest BCUT2D eigenvalue weighted by atomic mass is 9.87. The summed E-state index contributed by atoms with van der Waals surface area (Å²) in [5, 5.41) is 10.5. The molecule has 0 spiro atoms. The first-order chi connectivity index (χ1) is 16.8. The van der Waals surface area contributed by atoms with Crippen molar-refractivity contribution in [1.29, 1.82) is 0 Å². The molecule has 3 aromatic carbocycles. The first-order valence-electron chi connectivity index (χ1n) is 11.6. The van der Waals surface area contributed by atoms with Gasteiger partial charge < -0.3 is 9.84 Å². The lowest BCUT2D eigenvalue weighted by molar-refractivity contribution is -0.151. The van der Waals surface area contributed by atoms with E-state index in [1.807, 2.05) is 60.7 Å². The summed E-state index contributed by atoms with van der Waals surface area (Å²) in [5.41, 5.74) is 0.321. The SMILES string of the molecule is COc1ccc(S(=O)(=O)N(Cc2ccccc2)C2(C(=O)O)CCN(Cc3ccccc3)CC2)cc1. The zero-order valence-electron chi connectivity index (χ0n) is 19.7. The van der Waals surface area contributed by atoms with Gasteiger partial charge in [-0.2, -0.15) is 4.31 Å². The lowest BCUT2D eigenvalue weighted by Gasteiger charge is -2.45. The van der Waals surface area contributed by atoms with E-state index in [9.17, 15) is 18.3 Å². The van der Waals surface area contributed by atoms with E-state index in [0.717, 1.165) is 11.1 Å². The minimum atomic E-state index is -4.13. The van der Waals surface area contributed by atoms with Gasteiger partial charge in [0.25, 0.3) is 0 Å². The Kier molecular flexibility index (Phi) is 7.54. The molecule has 1 saturated heterocycles. The van der Waals surface area contributed by atoms with Crippen molar-refractivity contribution >= 4 is 16.0 Å². The fraction of sp³-hybridized carbons (Fsp3) is 0.296. The Morgan fingerprint density at radius 1 is 0.914 bits per heavy atom. The van der Waals surface area contributed by atoms with Crippen molar-refractivity contribution < 1.29 is 23.1 Å². The van der Waals surface area contributed by atoms with Gasteiger partial charge in [-0.05, 0) is 48.2 Å². The molecule has 8 heteroatoms. The third-order valence-corrected chi connectivity index (χ3v) is 8.55. The minimum absolute atomic E-state index is 0.0276. The van der Waals surface area contributed by atoms with Gasteiger partial charge in [0.1, 0.15) is 11.3 Å². The Morgan fingerprint density at radius 2 is 1.46 bits per heavy atom. The van der Waals surface area contributed by atoms with E-state index in [1.165, 1.54) is 23.5 Å². The maximum absolute atomic E-state index is 13.9. The first kappa shape index (κ1) is 24.9. The van der Waals surface area contributed by atoms with Crippen LogP contribution in [0.15, 0.2) is 89.8 Å². The molecule has 1 N–H and O–H groups in total. The number of carbonyl (C=O) groups is 1. The number of ether oxygens (including phenoxy) is 1. The molecule has 1 aliphatic heterocycles. The van der Waals surface area contributed by atoms with Crippen molar-refractivity contribution in [2.75, 3.05) is 20.2 Å². The quantitative estimate of drug-likeness (QED) is 0.484. The second-order valence-corrected chi connectivity index (χ2v) is 10.6. The Labute approximate surface area is 206 Å². The molecule has 1 aliphatic rings. The molecular weight excluding hydrogens is 464 g/mol. The van der Waals surface area contributed by atoms with Crippen molar-refractivity contribution in [3.05, 3.63) is 96.1 Å². The van der Waals surface area contributed by atoms with Gasteiger partial charge in [-0.1, -0.05) is 60.7 Å². The van der Waals surface area contributed by atoms with Crippen LogP contribution in [0.25, 0.3) is 0 Å². The van der Waals surface area contributed by atoms with Crippen molar-refractivity contribution in [3.63, 3.8) is 0 Å². The minimum Gasteiger partial charge on any atom is -0.497 e. The first-order valence-corrected chi connectivity index (χ1v) is 13.0. The van der Waals surface area contributed by atoms with Crippen LogP contribution in [0, 0.1) is 0 Å². The normalized spacial score (nSPS) is 16.2. The maximum Gasteiger partial charge on any atom is 0.325 e. The molecule has 7 nitrogen and oxygen atoms in total. The number of sulfonamides is 1. The van der Waals surface area contributed by atoms with Crippen LogP contribution in [0.3, 0.4) is 0 Å². The molecule has 1 heterocycles. The van der Waals surface area contributed by atoms with Gasteiger partial charge in [0.05, 0.1) is 12.0 Å². The van der Waals surface area contributed by atoms with Gasteiger partial charge in [0, 0.05) is 26.2 Å². The number of piperidine rings is 1. The zero-order chi connectivity index (χ0) is 24.9. The standard InChI is InChI=1S/C27H30N2O5S/c1-34-24-12-14-25(15-13-24)35(32,33)29(21-23-10-6-3-7-11-23)27(26(30)31)16-18-28(19-17-27)20-22-8-4-2-5-9-22/h2-15H,16-21H2,1H3,(H,30,31). The average molecular weight is 495 g/mol. The molecule has 3 aromatic rings. The molecule has 1 fully saturated rings. The number of carboxylic acids is 1. The van der Waals surface area contributed by atoms with Gasteiger partial charge >= 0.3 is 5.97 Å². The summed E-state index contributed by atoms with van der Waals surface area (Å²) in [5.74, 6) is -0.592. The number of benzene rings is 3. The van der Waals surface area contributed by atoms with Gasteiger partial charge in [0.2, 0.25) is 10.0 Å². The van der Waals surface area contributed by atoms with Crippen LogP contribution < -0.4 is 4.74 Å². The fourth-order valence-electron chi connectivity index (χ4n) is 4.58. The van der Waals surface area contributed by atoms with Gasteiger partial charge in [-0.25, -0.2) is 8.42 Å². The van der Waals surface area contributed by atoms with E-state index < -0.39 is 21.5 Å². The molecule has 35 heavy (non-hydrogen) atoms. The summed E-state index contributed by atoms with van der Waals surface area (Å²) >= 11 is 0. The van der Waals surface area contributed by atoms with E-state index in [2.05, 4.69) is 4.90 Å². The number of carboxylic acid groups (broad SMARTS) is 1. The lowest BCUT2D eigenvalue weighted by Crippen LogP contribution is -2.61. The molecule has 184 valence electrons. The van der Waals surface area contributed by atoms with Crippen molar-refractivity contribution in [2.24, 2.45) is 0 Å². The third kappa shape index (κ3) is 5.40. The Balaban J connectivity index is 1.68. The van der Waals surface area contributed by atoms with E-state index in [1.54, 1.807) is 12.1 Å². The monoisotopic (exact) mass is 494 g/mol. The second-order valence-electron chi connectivity index (χ2n) is 8.77. The molecule has 0 aliphatic carbocycles. The number of aliphatic carboxylic acids is 1. The second kappa shape index (κ2) is 10.6. The van der Waals surface area contributed by atoms with Crippen LogP contribution in [0.5, 0.6) is 5.75 Å². The predicted octanol–water partition coefficient (Wildman–Crippen LogP) is 4.01. The highest BCUT2D eigenvalue weighted by Crippen LogP contribution is 2.36. The Morgan fingerprint density at radius 3 is 1.97 bits per heavy atom. The summed E-state index contributed by atoms with van der Waals surface area (Å²) < 4.78 is 34.2. The molecular formula is C27H30N2O5S. The molecule has 0 amide bonds. The molecule has 4 rings (SSSR count). The zero-order valence-corrected chi connectivity index (χ0v) is 20.5. The molecule has 0 atom stereocenters. The highest BCUT2D eigenvalue weighted by molar-refractivity contribution is 7.89. The number of hydrogen-bond donors (Lipinski definition) is 1. The van der Waals surface area contributed by atoms with Crippen LogP contribution in [0.4, 0.5) is 0 Å². The number of methoxy groups -OCH3 is 1. The van der Waals surface area contributed by atoms with Crippen molar-refractivity contribution in [3.8, 4) is 5.75 Å². The van der Waals surface area contributed by atoms with Crippen molar-refractivity contribution in [2.45, 2.75) is 36.4 Å². The van der Waals surface area contributed by atoms with E-state index in [0.29, 0.717) is 25.4 Å². The molecule has 0 unspecified atom stereocenters. The van der Waals surface area contributed by atoms with Crippen LogP contribution in [-0.2, 0) is 27.9 Å². The topological polar surface area (TPSA) is 87.2 Å². The van der Waals surface area contributed by atoms with Gasteiger partial charge in [-0.15, -0.1) is 0 Å². The molecule has 0 saturated carbocycles. The van der Waals surface area contributed by atoms with E-state index in [4.69, 9.17) is 4.74 Å². The highest BCUT2D eigenvalue weighted by Gasteiger charge is 2.51. The largest absolute Gasteiger partial charge is 0.497 e. The summed E-state index contributed by atoms with van der Waals surface area (Å²) in [7, 11) is -2.62. The van der Waals surface area contributed by atoms with Crippen LogP contribution in [-0.4, -0.2) is 54.4 Å². The average Bonchev–Trinajstić information content (AvgIpc) is 2.89. The smallest absolute Gasteiger partial charge is 0.325 e. The number of nitrogens with zero attached hydrogens (tertiary/aromatic N) is 2. The maximum atomic E-state index is 13.9. The number of likely N-dealkylation sites (tertiary alicyclic amines) is 1. The summed E-state index contributed by atoms with van der Waals surface area (Å²) in [6.45, 7) is 1.62. The summed E-state index contributed by atoms with van der Waals surface area (Å²) in [6.07, 6.45) is 0.384. The van der Waals surface area contributed by atoms with Gasteiger partial charge in [0.15, 0.2) is 0 Å². The van der Waals surface area contributed by atoms with Crippen LogP contribution in [0.1, 0.15) is 24.0 Å². The van der Waals surface area contributed by atoms with Crippen LogP contribution in [0.2, 0.25) is 0 Å². The van der Waals surface area contributed by atoms with E-state index >= 15 is 0 Å². The van der Waals surface area contributed by atoms with E-state index in [-0.39, 0.29) is 24.3 Å². The van der Waals surface area contributed by atoms with Gasteiger partial charge in [-0.3, -0.25) is 9.69 Å². The molecule has 0 aromatic heterocycles. The summed E-state index contributed by atoms with van der Waals surface area (Å²) in [6, 6.07) is 25.2. The Bertz CT molecular complexity index is 1220. The predicted molar refractivity (Wildman–Crippen MR) is 133 cm³/mol. The Hall–Kier alpha value is -3.20. The summed E-state index contributed by atoms with van der Waals surface area (Å²) in [4.78, 5) is 15.0. The molecule has 0 bridgehead atoms. The van der Waals surface area contributed by atoms with Crippen LogP contribution >= 0.6 is 0 Å². The highest BCUT2D eigenvalue weighted by atomic mass is 32.2. The molecule has 0 radical (unpaired) electrons. The number of hydrogen-bond acceptors (Lipinski definition) is 5. The fourth-order valence-corrected chi connectivity index (χ4v) is 6.36. The third-order valence-electron chi connectivity index (χ3n) is 6.62.